The van der Waals surface area contributed by atoms with Crippen molar-refractivity contribution in [3.05, 3.63) is 0 Å². The van der Waals surface area contributed by atoms with Crippen molar-refractivity contribution in [1.29, 1.82) is 0 Å². The summed E-state index contributed by atoms with van der Waals surface area (Å²) in [6, 6.07) is 2.13. The van der Waals surface area contributed by atoms with Crippen LogP contribution in [0.4, 0.5) is 0 Å². The molecule has 1 heterocycles. The Morgan fingerprint density at radius 1 is 1.33 bits per heavy atom. The molecular weight excluding hydrogens is 148 g/mol. The minimum Gasteiger partial charge on any atom is -0.314 e. The molecule has 1 saturated heterocycles. The second-order valence-electron chi connectivity index (χ2n) is 4.06. The Balaban J connectivity index is 2.56. The fraction of sp³-hybridized carbons (Fsp3) is 1.00. The van der Waals surface area contributed by atoms with Crippen LogP contribution in [0.5, 0.6) is 0 Å². The van der Waals surface area contributed by atoms with Gasteiger partial charge in [0.1, 0.15) is 0 Å². The van der Waals surface area contributed by atoms with E-state index in [1.54, 1.807) is 0 Å². The molecule has 2 nitrogen and oxygen atoms in total. The standard InChI is InChI=1S/C10H22N2/c1-5-8(2)12-9(3)6-11-7-10(12)4/h8-11H,5-7H2,1-4H3. The van der Waals surface area contributed by atoms with Crippen LogP contribution in [-0.4, -0.2) is 36.1 Å². The Morgan fingerprint density at radius 2 is 1.83 bits per heavy atom. The number of nitrogens with zero attached hydrogens (tertiary/aromatic N) is 1. The summed E-state index contributed by atoms with van der Waals surface area (Å²) in [5, 5.41) is 3.45. The molecule has 0 bridgehead atoms. The van der Waals surface area contributed by atoms with Crippen molar-refractivity contribution in [1.82, 2.24) is 10.2 Å². The van der Waals surface area contributed by atoms with Gasteiger partial charge in [0, 0.05) is 31.2 Å². The van der Waals surface area contributed by atoms with Crippen LogP contribution in [0.15, 0.2) is 0 Å². The number of hydrogen-bond donors (Lipinski definition) is 1. The molecule has 0 saturated carbocycles. The highest BCUT2D eigenvalue weighted by Crippen LogP contribution is 2.15. The lowest BCUT2D eigenvalue weighted by atomic mass is 10.1. The van der Waals surface area contributed by atoms with E-state index in [4.69, 9.17) is 0 Å². The van der Waals surface area contributed by atoms with Crippen LogP contribution in [0.3, 0.4) is 0 Å². The zero-order valence-corrected chi connectivity index (χ0v) is 8.80. The molecule has 0 aliphatic carbocycles. The number of piperazine rings is 1. The largest absolute Gasteiger partial charge is 0.314 e. The molecule has 12 heavy (non-hydrogen) atoms. The van der Waals surface area contributed by atoms with E-state index in [1.165, 1.54) is 6.42 Å². The van der Waals surface area contributed by atoms with Gasteiger partial charge in [-0.15, -0.1) is 0 Å². The molecule has 1 rings (SSSR count). The highest BCUT2D eigenvalue weighted by molar-refractivity contribution is 4.85. The Hall–Kier alpha value is -0.0800. The highest BCUT2D eigenvalue weighted by atomic mass is 15.3. The first kappa shape index (κ1) is 10.0. The van der Waals surface area contributed by atoms with Gasteiger partial charge in [-0.25, -0.2) is 0 Å². The normalized spacial score (nSPS) is 35.0. The molecule has 1 aliphatic heterocycles. The topological polar surface area (TPSA) is 15.3 Å². The molecule has 0 aromatic heterocycles. The van der Waals surface area contributed by atoms with Gasteiger partial charge in [0.05, 0.1) is 0 Å². The van der Waals surface area contributed by atoms with Gasteiger partial charge < -0.3 is 5.32 Å². The fourth-order valence-electron chi connectivity index (χ4n) is 2.23. The molecular formula is C10H22N2. The van der Waals surface area contributed by atoms with Crippen molar-refractivity contribution in [3.8, 4) is 0 Å². The maximum absolute atomic E-state index is 3.45. The van der Waals surface area contributed by atoms with Crippen molar-refractivity contribution in [2.75, 3.05) is 13.1 Å². The summed E-state index contributed by atoms with van der Waals surface area (Å²) in [7, 11) is 0. The van der Waals surface area contributed by atoms with E-state index in [9.17, 15) is 0 Å². The molecule has 0 aromatic rings. The van der Waals surface area contributed by atoms with E-state index >= 15 is 0 Å². The zero-order valence-electron chi connectivity index (χ0n) is 8.80. The third-order valence-corrected chi connectivity index (χ3v) is 3.00. The van der Waals surface area contributed by atoms with Crippen LogP contribution >= 0.6 is 0 Å². The number of hydrogen-bond acceptors (Lipinski definition) is 2. The molecule has 3 atom stereocenters. The van der Waals surface area contributed by atoms with Gasteiger partial charge in [0.2, 0.25) is 0 Å². The third kappa shape index (κ3) is 1.99. The number of nitrogens with one attached hydrogen (secondary N) is 1. The zero-order chi connectivity index (χ0) is 9.14. The first-order valence-corrected chi connectivity index (χ1v) is 5.15. The van der Waals surface area contributed by atoms with Gasteiger partial charge in [0.25, 0.3) is 0 Å². The predicted octanol–water partition coefficient (Wildman–Crippen LogP) is 1.47. The monoisotopic (exact) mass is 170 g/mol. The maximum atomic E-state index is 3.45. The van der Waals surface area contributed by atoms with Crippen LogP contribution in [0.25, 0.3) is 0 Å². The summed E-state index contributed by atoms with van der Waals surface area (Å²) in [6.45, 7) is 11.5. The van der Waals surface area contributed by atoms with Crippen LogP contribution in [0, 0.1) is 0 Å². The van der Waals surface area contributed by atoms with E-state index in [0.717, 1.165) is 19.1 Å². The van der Waals surface area contributed by atoms with Crippen molar-refractivity contribution in [3.63, 3.8) is 0 Å². The summed E-state index contributed by atoms with van der Waals surface area (Å²) < 4.78 is 0. The van der Waals surface area contributed by atoms with Crippen LogP contribution < -0.4 is 5.32 Å². The second kappa shape index (κ2) is 4.24. The van der Waals surface area contributed by atoms with E-state index in [0.29, 0.717) is 12.1 Å². The average Bonchev–Trinajstić information content (AvgIpc) is 2.03. The summed E-state index contributed by atoms with van der Waals surface area (Å²) >= 11 is 0. The minimum atomic E-state index is 0.698. The molecule has 2 heteroatoms. The molecule has 0 aromatic carbocycles. The molecule has 3 unspecified atom stereocenters. The SMILES string of the molecule is CCC(C)N1C(C)CNCC1C. The Morgan fingerprint density at radius 3 is 2.25 bits per heavy atom. The van der Waals surface area contributed by atoms with Gasteiger partial charge in [-0.05, 0) is 27.2 Å². The molecule has 0 radical (unpaired) electrons. The molecule has 72 valence electrons. The van der Waals surface area contributed by atoms with Crippen molar-refractivity contribution >= 4 is 0 Å². The Kier molecular flexibility index (Phi) is 3.53. The molecule has 1 aliphatic rings. The molecule has 1 fully saturated rings. The maximum Gasteiger partial charge on any atom is 0.0198 e. The van der Waals surface area contributed by atoms with E-state index < -0.39 is 0 Å². The Labute approximate surface area is 76.3 Å². The molecule has 0 amide bonds. The Bertz CT molecular complexity index is 120. The van der Waals surface area contributed by atoms with Gasteiger partial charge in [0.15, 0.2) is 0 Å². The van der Waals surface area contributed by atoms with Crippen molar-refractivity contribution < 1.29 is 0 Å². The lowest BCUT2D eigenvalue weighted by Crippen LogP contribution is -2.57. The van der Waals surface area contributed by atoms with Crippen molar-refractivity contribution in [2.45, 2.75) is 52.2 Å². The van der Waals surface area contributed by atoms with Crippen LogP contribution in [0.2, 0.25) is 0 Å². The van der Waals surface area contributed by atoms with E-state index in [-0.39, 0.29) is 0 Å². The quantitative estimate of drug-likeness (QED) is 0.675. The van der Waals surface area contributed by atoms with Crippen LogP contribution in [-0.2, 0) is 0 Å². The molecule has 0 spiro atoms. The predicted molar refractivity (Wildman–Crippen MR) is 53.4 cm³/mol. The third-order valence-electron chi connectivity index (χ3n) is 3.00. The van der Waals surface area contributed by atoms with Crippen molar-refractivity contribution in [2.24, 2.45) is 0 Å². The second-order valence-corrected chi connectivity index (χ2v) is 4.06. The smallest absolute Gasteiger partial charge is 0.0198 e. The summed E-state index contributed by atoms with van der Waals surface area (Å²) in [5.41, 5.74) is 0. The lowest BCUT2D eigenvalue weighted by Gasteiger charge is -2.43. The van der Waals surface area contributed by atoms with E-state index in [1.807, 2.05) is 0 Å². The van der Waals surface area contributed by atoms with Crippen LogP contribution in [0.1, 0.15) is 34.1 Å². The fourth-order valence-corrected chi connectivity index (χ4v) is 2.23. The summed E-state index contributed by atoms with van der Waals surface area (Å²) in [6.07, 6.45) is 1.26. The highest BCUT2D eigenvalue weighted by Gasteiger charge is 2.27. The first-order valence-electron chi connectivity index (χ1n) is 5.15. The minimum absolute atomic E-state index is 0.698. The van der Waals surface area contributed by atoms with Gasteiger partial charge in [-0.2, -0.15) is 0 Å². The summed E-state index contributed by atoms with van der Waals surface area (Å²) in [4.78, 5) is 2.64. The molecule has 1 N–H and O–H groups in total. The first-order chi connectivity index (χ1) is 5.66. The van der Waals surface area contributed by atoms with Gasteiger partial charge in [-0.3, -0.25) is 4.90 Å². The average molecular weight is 170 g/mol. The van der Waals surface area contributed by atoms with E-state index in [2.05, 4.69) is 37.9 Å². The number of rotatable bonds is 2. The van der Waals surface area contributed by atoms with Gasteiger partial charge >= 0.3 is 0 Å². The summed E-state index contributed by atoms with van der Waals surface area (Å²) in [5.74, 6) is 0. The lowest BCUT2D eigenvalue weighted by molar-refractivity contribution is 0.0727. The van der Waals surface area contributed by atoms with Gasteiger partial charge in [-0.1, -0.05) is 6.92 Å².